The van der Waals surface area contributed by atoms with Gasteiger partial charge in [0, 0.05) is 38.0 Å². The van der Waals surface area contributed by atoms with Gasteiger partial charge in [0.2, 0.25) is 0 Å². The minimum absolute atomic E-state index is 0. The molecule has 1 aromatic heterocycles. The SMILES string of the molecule is CN=C(NCc1c(C)nn(-c2ccccc2)c1C)NCC1CCCO1.I. The first-order chi connectivity index (χ1) is 12.2. The third-order valence-corrected chi connectivity index (χ3v) is 4.62. The normalized spacial score (nSPS) is 17.0. The van der Waals surface area contributed by atoms with Crippen LogP contribution in [0.5, 0.6) is 0 Å². The molecule has 0 radical (unpaired) electrons. The molecule has 3 rings (SSSR count). The summed E-state index contributed by atoms with van der Waals surface area (Å²) in [6, 6.07) is 10.2. The maximum absolute atomic E-state index is 5.64. The first-order valence-electron chi connectivity index (χ1n) is 8.85. The van der Waals surface area contributed by atoms with Gasteiger partial charge in [0.1, 0.15) is 0 Å². The molecule has 2 aromatic rings. The summed E-state index contributed by atoms with van der Waals surface area (Å²) < 4.78 is 7.64. The summed E-state index contributed by atoms with van der Waals surface area (Å²) in [7, 11) is 1.79. The van der Waals surface area contributed by atoms with Gasteiger partial charge in [-0.05, 0) is 38.8 Å². The Morgan fingerprint density at radius 3 is 2.69 bits per heavy atom. The van der Waals surface area contributed by atoms with E-state index in [9.17, 15) is 0 Å². The van der Waals surface area contributed by atoms with Gasteiger partial charge in [0.25, 0.3) is 0 Å². The van der Waals surface area contributed by atoms with E-state index in [-0.39, 0.29) is 24.0 Å². The van der Waals surface area contributed by atoms with E-state index in [1.807, 2.05) is 29.8 Å². The highest BCUT2D eigenvalue weighted by Crippen LogP contribution is 2.17. The van der Waals surface area contributed by atoms with Crippen molar-refractivity contribution in [2.45, 2.75) is 39.3 Å². The molecule has 2 heterocycles. The van der Waals surface area contributed by atoms with Gasteiger partial charge in [-0.3, -0.25) is 4.99 Å². The highest BCUT2D eigenvalue weighted by molar-refractivity contribution is 14.0. The van der Waals surface area contributed by atoms with Crippen molar-refractivity contribution in [1.29, 1.82) is 0 Å². The van der Waals surface area contributed by atoms with Crippen LogP contribution in [0, 0.1) is 13.8 Å². The topological polar surface area (TPSA) is 63.5 Å². The van der Waals surface area contributed by atoms with Crippen LogP contribution in [-0.4, -0.2) is 42.0 Å². The van der Waals surface area contributed by atoms with Crippen molar-refractivity contribution in [3.8, 4) is 5.69 Å². The van der Waals surface area contributed by atoms with Crippen molar-refractivity contribution in [2.24, 2.45) is 4.99 Å². The van der Waals surface area contributed by atoms with E-state index < -0.39 is 0 Å². The molecule has 7 heteroatoms. The van der Waals surface area contributed by atoms with E-state index >= 15 is 0 Å². The van der Waals surface area contributed by atoms with Crippen LogP contribution in [0.3, 0.4) is 0 Å². The number of aliphatic imine (C=N–C) groups is 1. The number of aryl methyl sites for hydroxylation is 1. The minimum atomic E-state index is 0. The van der Waals surface area contributed by atoms with Gasteiger partial charge in [0.05, 0.1) is 17.5 Å². The number of benzene rings is 1. The molecule has 2 N–H and O–H groups in total. The first kappa shape index (κ1) is 20.7. The zero-order valence-electron chi connectivity index (χ0n) is 15.7. The standard InChI is InChI=1S/C19H27N5O.HI/c1-14-18(15(2)24(23-14)16-8-5-4-6-9-16)13-22-19(20-3)21-12-17-10-7-11-25-17;/h4-6,8-9,17H,7,10-13H2,1-3H3,(H2,20,21,22);1H. The third kappa shape index (κ3) is 4.97. The predicted octanol–water partition coefficient (Wildman–Crippen LogP) is 2.95. The number of guanidine groups is 1. The molecular weight excluding hydrogens is 441 g/mol. The number of hydrogen-bond acceptors (Lipinski definition) is 3. The van der Waals surface area contributed by atoms with Crippen LogP contribution >= 0.6 is 24.0 Å². The van der Waals surface area contributed by atoms with Crippen molar-refractivity contribution < 1.29 is 4.74 Å². The molecule has 0 bridgehead atoms. The fraction of sp³-hybridized carbons (Fsp3) is 0.474. The molecule has 0 aliphatic carbocycles. The maximum atomic E-state index is 5.64. The van der Waals surface area contributed by atoms with Crippen molar-refractivity contribution in [3.63, 3.8) is 0 Å². The molecule has 1 fully saturated rings. The molecule has 1 saturated heterocycles. The van der Waals surface area contributed by atoms with E-state index in [1.165, 1.54) is 5.56 Å². The van der Waals surface area contributed by atoms with Gasteiger partial charge >= 0.3 is 0 Å². The van der Waals surface area contributed by atoms with E-state index in [4.69, 9.17) is 4.74 Å². The zero-order chi connectivity index (χ0) is 17.6. The van der Waals surface area contributed by atoms with Crippen LogP contribution in [0.4, 0.5) is 0 Å². The monoisotopic (exact) mass is 469 g/mol. The van der Waals surface area contributed by atoms with Gasteiger partial charge in [-0.2, -0.15) is 5.10 Å². The molecule has 0 saturated carbocycles. The van der Waals surface area contributed by atoms with Gasteiger partial charge < -0.3 is 15.4 Å². The second-order valence-electron chi connectivity index (χ2n) is 6.34. The Morgan fingerprint density at radius 2 is 2.04 bits per heavy atom. The highest BCUT2D eigenvalue weighted by atomic mass is 127. The average molecular weight is 469 g/mol. The molecule has 6 nitrogen and oxygen atoms in total. The molecule has 1 aliphatic heterocycles. The lowest BCUT2D eigenvalue weighted by Crippen LogP contribution is -2.40. The Hall–Kier alpha value is -1.61. The second-order valence-corrected chi connectivity index (χ2v) is 6.34. The highest BCUT2D eigenvalue weighted by Gasteiger charge is 2.16. The Kier molecular flexibility index (Phi) is 7.89. The number of nitrogens with zero attached hydrogens (tertiary/aromatic N) is 3. The van der Waals surface area contributed by atoms with Gasteiger partial charge in [-0.15, -0.1) is 24.0 Å². The number of hydrogen-bond donors (Lipinski definition) is 2. The minimum Gasteiger partial charge on any atom is -0.376 e. The number of para-hydroxylation sites is 1. The maximum Gasteiger partial charge on any atom is 0.191 e. The Bertz CT molecular complexity index is 723. The van der Waals surface area contributed by atoms with Gasteiger partial charge in [-0.25, -0.2) is 4.68 Å². The summed E-state index contributed by atoms with van der Waals surface area (Å²) in [6.07, 6.45) is 2.56. The molecular formula is C19H28IN5O. The van der Waals surface area contributed by atoms with Crippen molar-refractivity contribution in [1.82, 2.24) is 20.4 Å². The van der Waals surface area contributed by atoms with E-state index in [2.05, 4.69) is 39.8 Å². The predicted molar refractivity (Wildman–Crippen MR) is 116 cm³/mol. The van der Waals surface area contributed by atoms with Crippen LogP contribution in [0.1, 0.15) is 29.8 Å². The molecule has 142 valence electrons. The lowest BCUT2D eigenvalue weighted by Gasteiger charge is -2.15. The molecule has 0 spiro atoms. The van der Waals surface area contributed by atoms with Crippen molar-refractivity contribution in [2.75, 3.05) is 20.2 Å². The van der Waals surface area contributed by atoms with Crippen LogP contribution < -0.4 is 10.6 Å². The lowest BCUT2D eigenvalue weighted by molar-refractivity contribution is 0.114. The Balaban J connectivity index is 0.00000243. The van der Waals surface area contributed by atoms with Crippen molar-refractivity contribution >= 4 is 29.9 Å². The Labute approximate surface area is 172 Å². The summed E-state index contributed by atoms with van der Waals surface area (Å²) in [5.74, 6) is 0.793. The average Bonchev–Trinajstić information content (AvgIpc) is 3.25. The third-order valence-electron chi connectivity index (χ3n) is 4.62. The first-order valence-corrected chi connectivity index (χ1v) is 8.85. The number of rotatable bonds is 5. The largest absolute Gasteiger partial charge is 0.376 e. The zero-order valence-corrected chi connectivity index (χ0v) is 18.0. The molecule has 1 unspecified atom stereocenters. The van der Waals surface area contributed by atoms with E-state index in [1.54, 1.807) is 7.05 Å². The van der Waals surface area contributed by atoms with Crippen LogP contribution in [0.2, 0.25) is 0 Å². The molecule has 26 heavy (non-hydrogen) atoms. The quantitative estimate of drug-likeness (QED) is 0.402. The molecule has 1 aromatic carbocycles. The van der Waals surface area contributed by atoms with Crippen LogP contribution in [0.25, 0.3) is 5.69 Å². The van der Waals surface area contributed by atoms with Crippen LogP contribution in [-0.2, 0) is 11.3 Å². The van der Waals surface area contributed by atoms with Crippen molar-refractivity contribution in [3.05, 3.63) is 47.3 Å². The number of aromatic nitrogens is 2. The number of ether oxygens (including phenoxy) is 1. The molecule has 0 amide bonds. The summed E-state index contributed by atoms with van der Waals surface area (Å²) >= 11 is 0. The lowest BCUT2D eigenvalue weighted by atomic mass is 10.2. The number of halogens is 1. The smallest absolute Gasteiger partial charge is 0.191 e. The Morgan fingerprint density at radius 1 is 1.27 bits per heavy atom. The molecule has 1 atom stereocenters. The van der Waals surface area contributed by atoms with Gasteiger partial charge in [-0.1, -0.05) is 18.2 Å². The number of nitrogens with one attached hydrogen (secondary N) is 2. The summed E-state index contributed by atoms with van der Waals surface area (Å²) in [5.41, 5.74) is 4.45. The van der Waals surface area contributed by atoms with E-state index in [0.29, 0.717) is 12.6 Å². The summed E-state index contributed by atoms with van der Waals surface area (Å²) in [4.78, 5) is 4.30. The van der Waals surface area contributed by atoms with E-state index in [0.717, 1.165) is 49.0 Å². The fourth-order valence-electron chi connectivity index (χ4n) is 3.16. The second kappa shape index (κ2) is 9.91. The van der Waals surface area contributed by atoms with Gasteiger partial charge in [0.15, 0.2) is 5.96 Å². The summed E-state index contributed by atoms with van der Waals surface area (Å²) in [6.45, 7) is 6.50. The van der Waals surface area contributed by atoms with Crippen LogP contribution in [0.15, 0.2) is 35.3 Å². The fourth-order valence-corrected chi connectivity index (χ4v) is 3.16. The summed E-state index contributed by atoms with van der Waals surface area (Å²) in [5, 5.41) is 11.4. The molecule has 1 aliphatic rings.